The van der Waals surface area contributed by atoms with Gasteiger partial charge in [-0.3, -0.25) is 9.89 Å². The van der Waals surface area contributed by atoms with Gasteiger partial charge in [0.05, 0.1) is 5.52 Å². The zero-order valence-electron chi connectivity index (χ0n) is 16.4. The second-order valence-electron chi connectivity index (χ2n) is 7.30. The average molecular weight is 399 g/mol. The van der Waals surface area contributed by atoms with Crippen LogP contribution in [0.5, 0.6) is 0 Å². The van der Waals surface area contributed by atoms with E-state index in [-0.39, 0.29) is 5.91 Å². The monoisotopic (exact) mass is 399 g/mol. The highest BCUT2D eigenvalue weighted by Gasteiger charge is 2.25. The third kappa shape index (κ3) is 3.67. The standard InChI is InChI=1S/C22H21N7O/c1-23-21(30)14-8-10-15(11-9-14)24-22-25-17-5-3-2-4-16(17)20(27-22)26-19-12-18(28-29-19)13-6-7-13/h2-5,8-13H,6-7H2,1H3,(H,23,30)(H3,24,25,26,27,28,29). The van der Waals surface area contributed by atoms with Gasteiger partial charge < -0.3 is 16.0 Å². The van der Waals surface area contributed by atoms with E-state index in [0.717, 1.165) is 28.1 Å². The lowest BCUT2D eigenvalue weighted by Gasteiger charge is -2.11. The molecule has 1 fully saturated rings. The number of para-hydroxylation sites is 1. The Morgan fingerprint density at radius 2 is 1.83 bits per heavy atom. The predicted molar refractivity (Wildman–Crippen MR) is 116 cm³/mol. The van der Waals surface area contributed by atoms with E-state index in [2.05, 4.69) is 36.1 Å². The number of aromatic nitrogens is 4. The highest BCUT2D eigenvalue weighted by Crippen LogP contribution is 2.39. The minimum absolute atomic E-state index is 0.125. The maximum Gasteiger partial charge on any atom is 0.251 e. The number of hydrogen-bond donors (Lipinski definition) is 4. The molecule has 8 heteroatoms. The summed E-state index contributed by atoms with van der Waals surface area (Å²) in [6.07, 6.45) is 2.43. The van der Waals surface area contributed by atoms with E-state index in [9.17, 15) is 4.79 Å². The Labute approximate surface area is 173 Å². The van der Waals surface area contributed by atoms with Crippen LogP contribution in [0.1, 0.15) is 34.8 Å². The molecule has 5 rings (SSSR count). The van der Waals surface area contributed by atoms with Crippen LogP contribution in [0, 0.1) is 0 Å². The summed E-state index contributed by atoms with van der Waals surface area (Å²) in [6, 6.07) is 17.0. The summed E-state index contributed by atoms with van der Waals surface area (Å²) in [4.78, 5) is 21.0. The van der Waals surface area contributed by atoms with E-state index >= 15 is 0 Å². The number of nitrogens with one attached hydrogen (secondary N) is 4. The molecule has 150 valence electrons. The number of hydrogen-bond acceptors (Lipinski definition) is 6. The first-order valence-corrected chi connectivity index (χ1v) is 9.88. The van der Waals surface area contributed by atoms with Crippen LogP contribution in [-0.2, 0) is 0 Å². The molecule has 1 aliphatic carbocycles. The molecule has 8 nitrogen and oxygen atoms in total. The number of fused-ring (bicyclic) bond motifs is 1. The zero-order chi connectivity index (χ0) is 20.5. The van der Waals surface area contributed by atoms with Crippen LogP contribution in [0.25, 0.3) is 10.9 Å². The normalized spacial score (nSPS) is 13.2. The maximum atomic E-state index is 11.7. The minimum Gasteiger partial charge on any atom is -0.355 e. The SMILES string of the molecule is CNC(=O)c1ccc(Nc2nc(Nc3cc(C4CC4)[nH]n3)c3ccccc3n2)cc1. The Balaban J connectivity index is 1.44. The Hall–Kier alpha value is -3.94. The number of benzene rings is 2. The van der Waals surface area contributed by atoms with Crippen molar-refractivity contribution in [1.82, 2.24) is 25.5 Å². The molecule has 0 atom stereocenters. The van der Waals surface area contributed by atoms with Crippen molar-refractivity contribution in [2.24, 2.45) is 0 Å². The van der Waals surface area contributed by atoms with Crippen LogP contribution in [0.15, 0.2) is 54.6 Å². The first kappa shape index (κ1) is 18.1. The fraction of sp³-hybridized carbons (Fsp3) is 0.182. The fourth-order valence-corrected chi connectivity index (χ4v) is 3.33. The van der Waals surface area contributed by atoms with Crippen LogP contribution in [0.3, 0.4) is 0 Å². The van der Waals surface area contributed by atoms with Crippen molar-refractivity contribution < 1.29 is 4.79 Å². The van der Waals surface area contributed by atoms with Crippen LogP contribution < -0.4 is 16.0 Å². The fourth-order valence-electron chi connectivity index (χ4n) is 3.33. The molecule has 1 saturated carbocycles. The van der Waals surface area contributed by atoms with Gasteiger partial charge in [-0.2, -0.15) is 10.1 Å². The first-order chi connectivity index (χ1) is 14.7. The summed E-state index contributed by atoms with van der Waals surface area (Å²) in [5.74, 6) is 2.35. The van der Waals surface area contributed by atoms with Gasteiger partial charge in [0.2, 0.25) is 5.95 Å². The van der Waals surface area contributed by atoms with Crippen LogP contribution in [0.4, 0.5) is 23.3 Å². The van der Waals surface area contributed by atoms with Crippen molar-refractivity contribution in [3.8, 4) is 0 Å². The molecule has 1 amide bonds. The van der Waals surface area contributed by atoms with E-state index in [1.165, 1.54) is 12.8 Å². The molecule has 2 aromatic carbocycles. The summed E-state index contributed by atoms with van der Waals surface area (Å²) >= 11 is 0. The van der Waals surface area contributed by atoms with Crippen molar-refractivity contribution in [1.29, 1.82) is 0 Å². The minimum atomic E-state index is -0.125. The van der Waals surface area contributed by atoms with Gasteiger partial charge in [0.25, 0.3) is 5.91 Å². The van der Waals surface area contributed by atoms with E-state index in [0.29, 0.717) is 23.2 Å². The number of amides is 1. The second-order valence-corrected chi connectivity index (χ2v) is 7.30. The molecular formula is C22H21N7O. The van der Waals surface area contributed by atoms with Crippen molar-refractivity contribution in [2.45, 2.75) is 18.8 Å². The summed E-state index contributed by atoms with van der Waals surface area (Å²) < 4.78 is 0. The Bertz CT molecular complexity index is 1210. The lowest BCUT2D eigenvalue weighted by Crippen LogP contribution is -2.17. The number of rotatable bonds is 6. The predicted octanol–water partition coefficient (Wildman–Crippen LogP) is 4.08. The first-order valence-electron chi connectivity index (χ1n) is 9.88. The highest BCUT2D eigenvalue weighted by atomic mass is 16.1. The molecule has 4 N–H and O–H groups in total. The average Bonchev–Trinajstić information content (AvgIpc) is 3.53. The number of nitrogens with zero attached hydrogens (tertiary/aromatic N) is 3. The lowest BCUT2D eigenvalue weighted by molar-refractivity contribution is 0.0963. The number of aromatic amines is 1. The van der Waals surface area contributed by atoms with Gasteiger partial charge >= 0.3 is 0 Å². The maximum absolute atomic E-state index is 11.7. The van der Waals surface area contributed by atoms with Crippen molar-refractivity contribution in [2.75, 3.05) is 17.7 Å². The molecule has 2 aromatic heterocycles. The molecule has 4 aromatic rings. The molecule has 0 unspecified atom stereocenters. The van der Waals surface area contributed by atoms with Gasteiger partial charge in [0, 0.05) is 41.4 Å². The summed E-state index contributed by atoms with van der Waals surface area (Å²) in [6.45, 7) is 0. The van der Waals surface area contributed by atoms with Crippen molar-refractivity contribution >= 4 is 40.1 Å². The van der Waals surface area contributed by atoms with Crippen molar-refractivity contribution in [3.05, 3.63) is 65.9 Å². The number of anilines is 4. The molecule has 0 spiro atoms. The highest BCUT2D eigenvalue weighted by molar-refractivity contribution is 5.94. The molecule has 0 saturated heterocycles. The van der Waals surface area contributed by atoms with Gasteiger partial charge in [-0.05, 0) is 49.2 Å². The van der Waals surface area contributed by atoms with E-state index in [1.807, 2.05) is 42.5 Å². The smallest absolute Gasteiger partial charge is 0.251 e. The third-order valence-corrected chi connectivity index (χ3v) is 5.09. The van der Waals surface area contributed by atoms with Gasteiger partial charge in [0.1, 0.15) is 5.82 Å². The molecule has 0 bridgehead atoms. The molecule has 30 heavy (non-hydrogen) atoms. The molecule has 2 heterocycles. The summed E-state index contributed by atoms with van der Waals surface area (Å²) in [5, 5.41) is 17.5. The van der Waals surface area contributed by atoms with E-state index in [1.54, 1.807) is 19.2 Å². The molecule has 1 aliphatic rings. The second kappa shape index (κ2) is 7.47. The Kier molecular flexibility index (Phi) is 4.51. The van der Waals surface area contributed by atoms with Gasteiger partial charge in [-0.1, -0.05) is 12.1 Å². The van der Waals surface area contributed by atoms with Crippen LogP contribution in [0.2, 0.25) is 0 Å². The number of carbonyl (C=O) groups is 1. The van der Waals surface area contributed by atoms with Gasteiger partial charge in [-0.15, -0.1) is 0 Å². The van der Waals surface area contributed by atoms with E-state index < -0.39 is 0 Å². The molecular weight excluding hydrogens is 378 g/mol. The van der Waals surface area contributed by atoms with Crippen molar-refractivity contribution in [3.63, 3.8) is 0 Å². The van der Waals surface area contributed by atoms with Crippen LogP contribution in [-0.4, -0.2) is 33.1 Å². The number of carbonyl (C=O) groups excluding carboxylic acids is 1. The zero-order valence-corrected chi connectivity index (χ0v) is 16.4. The number of H-pyrrole nitrogens is 1. The lowest BCUT2D eigenvalue weighted by atomic mass is 10.2. The third-order valence-electron chi connectivity index (χ3n) is 5.09. The quantitative estimate of drug-likeness (QED) is 0.389. The largest absolute Gasteiger partial charge is 0.355 e. The topological polar surface area (TPSA) is 108 Å². The Morgan fingerprint density at radius 1 is 1.03 bits per heavy atom. The summed E-state index contributed by atoms with van der Waals surface area (Å²) in [7, 11) is 1.61. The van der Waals surface area contributed by atoms with Crippen LogP contribution >= 0.6 is 0 Å². The summed E-state index contributed by atoms with van der Waals surface area (Å²) in [5.41, 5.74) is 3.36. The Morgan fingerprint density at radius 3 is 2.60 bits per heavy atom. The van der Waals surface area contributed by atoms with Gasteiger partial charge in [-0.25, -0.2) is 4.98 Å². The van der Waals surface area contributed by atoms with Gasteiger partial charge in [0.15, 0.2) is 5.82 Å². The van der Waals surface area contributed by atoms with E-state index in [4.69, 9.17) is 0 Å². The molecule has 0 aliphatic heterocycles. The molecule has 0 radical (unpaired) electrons.